The minimum absolute atomic E-state index is 0.173. The van der Waals surface area contributed by atoms with Crippen LogP contribution in [0.3, 0.4) is 0 Å². The van der Waals surface area contributed by atoms with Crippen LogP contribution < -0.4 is 15.4 Å². The molecule has 0 bridgehead atoms. The van der Waals surface area contributed by atoms with Crippen molar-refractivity contribution in [2.24, 2.45) is 0 Å². The van der Waals surface area contributed by atoms with E-state index < -0.39 is 10.0 Å². The first-order valence-corrected chi connectivity index (χ1v) is 11.3. The van der Waals surface area contributed by atoms with Gasteiger partial charge in [-0.05, 0) is 50.6 Å². The van der Waals surface area contributed by atoms with E-state index in [2.05, 4.69) is 25.3 Å². The van der Waals surface area contributed by atoms with Crippen molar-refractivity contribution in [2.45, 2.75) is 25.7 Å². The monoisotopic (exact) mass is 445 g/mol. The Hall–Kier alpha value is -2.68. The third kappa shape index (κ3) is 5.91. The lowest BCUT2D eigenvalue weighted by atomic mass is 10.2. The van der Waals surface area contributed by atoms with Crippen LogP contribution in [-0.4, -0.2) is 31.5 Å². The first-order valence-electron chi connectivity index (χ1n) is 9.42. The Morgan fingerprint density at radius 2 is 1.67 bits per heavy atom. The highest BCUT2D eigenvalue weighted by Crippen LogP contribution is 2.20. The standard InChI is InChI=1S/C21H24ClN5O2S/c1-14-4-8-18(9-5-14)26-20-12-16(3)25-21(27-20)23-10-11-24-30(28,29)19-13-17(22)7-6-15(19)2/h4-9,12-13,24H,10-11H2,1-3H3,(H2,23,25,26,27). The number of sulfonamides is 1. The van der Waals surface area contributed by atoms with Crippen molar-refractivity contribution < 1.29 is 8.42 Å². The number of hydrogen-bond acceptors (Lipinski definition) is 6. The van der Waals surface area contributed by atoms with Crippen molar-refractivity contribution in [1.29, 1.82) is 0 Å². The average Bonchev–Trinajstić information content (AvgIpc) is 2.68. The molecule has 30 heavy (non-hydrogen) atoms. The Kier molecular flexibility index (Phi) is 6.91. The molecule has 0 spiro atoms. The molecule has 0 saturated carbocycles. The van der Waals surface area contributed by atoms with Gasteiger partial charge in [-0.15, -0.1) is 0 Å². The number of halogens is 1. The number of benzene rings is 2. The highest BCUT2D eigenvalue weighted by molar-refractivity contribution is 7.89. The summed E-state index contributed by atoms with van der Waals surface area (Å²) in [6.45, 7) is 6.13. The number of nitrogens with one attached hydrogen (secondary N) is 3. The van der Waals surface area contributed by atoms with Crippen LogP contribution in [0.15, 0.2) is 53.4 Å². The Morgan fingerprint density at radius 1 is 0.933 bits per heavy atom. The summed E-state index contributed by atoms with van der Waals surface area (Å²) in [5.41, 5.74) is 3.53. The van der Waals surface area contributed by atoms with Crippen LogP contribution in [0.2, 0.25) is 5.02 Å². The smallest absolute Gasteiger partial charge is 0.240 e. The molecule has 2 aromatic carbocycles. The van der Waals surface area contributed by atoms with Crippen LogP contribution >= 0.6 is 11.6 Å². The molecule has 0 saturated heterocycles. The summed E-state index contributed by atoms with van der Waals surface area (Å²) in [7, 11) is -3.66. The molecule has 1 heterocycles. The fourth-order valence-electron chi connectivity index (χ4n) is 2.80. The van der Waals surface area contributed by atoms with Gasteiger partial charge in [-0.2, -0.15) is 4.98 Å². The van der Waals surface area contributed by atoms with Gasteiger partial charge in [0.1, 0.15) is 5.82 Å². The minimum Gasteiger partial charge on any atom is -0.353 e. The van der Waals surface area contributed by atoms with Crippen molar-refractivity contribution >= 4 is 39.1 Å². The fraction of sp³-hybridized carbons (Fsp3) is 0.238. The van der Waals surface area contributed by atoms with Gasteiger partial charge >= 0.3 is 0 Å². The van der Waals surface area contributed by atoms with Crippen LogP contribution in [0.25, 0.3) is 0 Å². The molecule has 0 amide bonds. The number of hydrogen-bond donors (Lipinski definition) is 3. The van der Waals surface area contributed by atoms with Crippen LogP contribution in [0.5, 0.6) is 0 Å². The zero-order valence-corrected chi connectivity index (χ0v) is 18.6. The van der Waals surface area contributed by atoms with Crippen molar-refractivity contribution in [3.8, 4) is 0 Å². The fourth-order valence-corrected chi connectivity index (χ4v) is 4.33. The Morgan fingerprint density at radius 3 is 2.40 bits per heavy atom. The number of aryl methyl sites for hydroxylation is 3. The van der Waals surface area contributed by atoms with Crippen LogP contribution in [0, 0.1) is 20.8 Å². The molecule has 0 aliphatic rings. The second kappa shape index (κ2) is 9.42. The summed E-state index contributed by atoms with van der Waals surface area (Å²) in [6.07, 6.45) is 0. The lowest BCUT2D eigenvalue weighted by Crippen LogP contribution is -2.29. The Bertz CT molecular complexity index is 1130. The van der Waals surface area contributed by atoms with Gasteiger partial charge in [-0.3, -0.25) is 0 Å². The summed E-state index contributed by atoms with van der Waals surface area (Å²) in [5, 5.41) is 6.68. The molecule has 1 aromatic heterocycles. The zero-order valence-electron chi connectivity index (χ0n) is 17.0. The van der Waals surface area contributed by atoms with E-state index >= 15 is 0 Å². The van der Waals surface area contributed by atoms with Crippen molar-refractivity contribution in [3.05, 3.63) is 70.4 Å². The van der Waals surface area contributed by atoms with E-state index in [1.165, 1.54) is 11.6 Å². The lowest BCUT2D eigenvalue weighted by Gasteiger charge is -2.12. The maximum absolute atomic E-state index is 12.5. The van der Waals surface area contributed by atoms with E-state index in [1.807, 2.05) is 44.2 Å². The molecule has 3 N–H and O–H groups in total. The third-order valence-electron chi connectivity index (χ3n) is 4.32. The first kappa shape index (κ1) is 22.0. The van der Waals surface area contributed by atoms with Crippen molar-refractivity contribution in [3.63, 3.8) is 0 Å². The van der Waals surface area contributed by atoms with E-state index in [0.717, 1.165) is 11.4 Å². The Labute approximate surface area is 182 Å². The van der Waals surface area contributed by atoms with Gasteiger partial charge in [-0.25, -0.2) is 18.1 Å². The SMILES string of the molecule is Cc1ccc(Nc2cc(C)nc(NCCNS(=O)(=O)c3cc(Cl)ccc3C)n2)cc1. The van der Waals surface area contributed by atoms with Gasteiger partial charge in [0, 0.05) is 35.6 Å². The molecule has 0 aliphatic carbocycles. The Balaban J connectivity index is 1.60. The van der Waals surface area contributed by atoms with Gasteiger partial charge in [0.15, 0.2) is 0 Å². The number of anilines is 3. The maximum atomic E-state index is 12.5. The quantitative estimate of drug-likeness (QED) is 0.450. The molecule has 7 nitrogen and oxygen atoms in total. The second-order valence-corrected chi connectivity index (χ2v) is 9.12. The normalized spacial score (nSPS) is 11.3. The highest BCUT2D eigenvalue weighted by atomic mass is 35.5. The molecule has 0 unspecified atom stereocenters. The predicted molar refractivity (Wildman–Crippen MR) is 121 cm³/mol. The van der Waals surface area contributed by atoms with E-state index in [0.29, 0.717) is 28.9 Å². The molecule has 0 fully saturated rings. The molecule has 9 heteroatoms. The van der Waals surface area contributed by atoms with Gasteiger partial charge in [0.05, 0.1) is 4.90 Å². The van der Waals surface area contributed by atoms with Crippen LogP contribution in [0.1, 0.15) is 16.8 Å². The van der Waals surface area contributed by atoms with Gasteiger partial charge in [0.2, 0.25) is 16.0 Å². The molecular formula is C21H24ClN5O2S. The molecule has 3 rings (SSSR count). The van der Waals surface area contributed by atoms with Gasteiger partial charge in [-0.1, -0.05) is 35.4 Å². The molecule has 0 aliphatic heterocycles. The van der Waals surface area contributed by atoms with E-state index in [1.54, 1.807) is 19.1 Å². The van der Waals surface area contributed by atoms with E-state index in [-0.39, 0.29) is 11.4 Å². The molecule has 3 aromatic rings. The van der Waals surface area contributed by atoms with Crippen molar-refractivity contribution in [2.75, 3.05) is 23.7 Å². The molecule has 0 radical (unpaired) electrons. The number of rotatable bonds is 8. The largest absolute Gasteiger partial charge is 0.353 e. The summed E-state index contributed by atoms with van der Waals surface area (Å²) < 4.78 is 27.6. The maximum Gasteiger partial charge on any atom is 0.240 e. The van der Waals surface area contributed by atoms with E-state index in [4.69, 9.17) is 11.6 Å². The zero-order chi connectivity index (χ0) is 21.7. The summed E-state index contributed by atoms with van der Waals surface area (Å²) in [6, 6.07) is 14.6. The topological polar surface area (TPSA) is 96.0 Å². The van der Waals surface area contributed by atoms with E-state index in [9.17, 15) is 8.42 Å². The number of aromatic nitrogens is 2. The predicted octanol–water partition coefficient (Wildman–Crippen LogP) is 4.19. The van der Waals surface area contributed by atoms with Crippen molar-refractivity contribution in [1.82, 2.24) is 14.7 Å². The molecule has 158 valence electrons. The van der Waals surface area contributed by atoms with Gasteiger partial charge in [0.25, 0.3) is 0 Å². The minimum atomic E-state index is -3.66. The highest BCUT2D eigenvalue weighted by Gasteiger charge is 2.16. The first-order chi connectivity index (χ1) is 14.2. The number of nitrogens with zero attached hydrogens (tertiary/aromatic N) is 2. The average molecular weight is 446 g/mol. The summed E-state index contributed by atoms with van der Waals surface area (Å²) in [4.78, 5) is 8.96. The lowest BCUT2D eigenvalue weighted by molar-refractivity contribution is 0.582. The second-order valence-electron chi connectivity index (χ2n) is 6.94. The van der Waals surface area contributed by atoms with Crippen LogP contribution in [0.4, 0.5) is 17.5 Å². The summed E-state index contributed by atoms with van der Waals surface area (Å²) in [5.74, 6) is 1.08. The third-order valence-corrected chi connectivity index (χ3v) is 6.16. The summed E-state index contributed by atoms with van der Waals surface area (Å²) >= 11 is 5.93. The molecule has 0 atom stereocenters. The van der Waals surface area contributed by atoms with Crippen LogP contribution in [-0.2, 0) is 10.0 Å². The molecular weight excluding hydrogens is 422 g/mol. The van der Waals surface area contributed by atoms with Gasteiger partial charge < -0.3 is 10.6 Å².